The van der Waals surface area contributed by atoms with Gasteiger partial charge in [-0.05, 0) is 63.0 Å². The Bertz CT molecular complexity index is 1010. The van der Waals surface area contributed by atoms with Crippen molar-refractivity contribution in [1.29, 1.82) is 10.8 Å². The molecule has 1 aromatic heterocycles. The van der Waals surface area contributed by atoms with E-state index in [0.717, 1.165) is 63.1 Å². The Kier molecular flexibility index (Phi) is 7.47. The molecule has 0 amide bonds. The molecule has 8 heteroatoms. The van der Waals surface area contributed by atoms with Crippen molar-refractivity contribution in [2.24, 2.45) is 5.73 Å². The van der Waals surface area contributed by atoms with E-state index in [2.05, 4.69) is 17.0 Å². The Morgan fingerprint density at radius 1 is 1.06 bits per heavy atom. The van der Waals surface area contributed by atoms with Crippen LogP contribution in [0.3, 0.4) is 0 Å². The molecule has 2 aliphatic rings. The zero-order valence-corrected chi connectivity index (χ0v) is 19.7. The predicted octanol–water partition coefficient (Wildman–Crippen LogP) is 2.71. The van der Waals surface area contributed by atoms with E-state index in [1.54, 1.807) is 16.8 Å². The van der Waals surface area contributed by atoms with Gasteiger partial charge in [-0.2, -0.15) is 0 Å². The van der Waals surface area contributed by atoms with Crippen LogP contribution < -0.4 is 16.0 Å². The minimum absolute atomic E-state index is 0.0459. The van der Waals surface area contributed by atoms with Crippen molar-refractivity contribution in [3.8, 4) is 5.75 Å². The summed E-state index contributed by atoms with van der Waals surface area (Å²) in [5, 5.41) is 17.1. The first-order chi connectivity index (χ1) is 15.9. The largest absolute Gasteiger partial charge is 0.484 e. The number of piperidine rings is 1. The first-order valence-electron chi connectivity index (χ1n) is 11.8. The van der Waals surface area contributed by atoms with Gasteiger partial charge in [-0.1, -0.05) is 24.3 Å². The molecule has 1 aromatic carbocycles. The predicted molar refractivity (Wildman–Crippen MR) is 128 cm³/mol. The molecule has 1 aliphatic heterocycles. The zero-order chi connectivity index (χ0) is 23.4. The highest BCUT2D eigenvalue weighted by atomic mass is 16.5. The summed E-state index contributed by atoms with van der Waals surface area (Å²) in [6.45, 7) is 3.14. The van der Waals surface area contributed by atoms with Gasteiger partial charge in [0.2, 0.25) is 5.96 Å². The molecule has 2 heterocycles. The lowest BCUT2D eigenvalue weighted by molar-refractivity contribution is 0.0125. The molecule has 4 rings (SSSR count). The molecule has 4 N–H and O–H groups in total. The van der Waals surface area contributed by atoms with Crippen LogP contribution in [0.15, 0.2) is 42.6 Å². The van der Waals surface area contributed by atoms with E-state index in [0.29, 0.717) is 11.7 Å². The number of aromatic nitrogens is 1. The smallest absolute Gasteiger partial charge is 0.203 e. The second-order valence-electron chi connectivity index (χ2n) is 9.22. The van der Waals surface area contributed by atoms with Crippen molar-refractivity contribution in [2.75, 3.05) is 40.3 Å². The first kappa shape index (κ1) is 23.5. The van der Waals surface area contributed by atoms with Gasteiger partial charge in [0, 0.05) is 25.7 Å². The van der Waals surface area contributed by atoms with E-state index >= 15 is 0 Å². The van der Waals surface area contributed by atoms with Gasteiger partial charge in [-0.3, -0.25) is 15.4 Å². The van der Waals surface area contributed by atoms with Crippen LogP contribution in [0.25, 0.3) is 0 Å². The fourth-order valence-corrected chi connectivity index (χ4v) is 4.59. The van der Waals surface area contributed by atoms with E-state index in [9.17, 15) is 0 Å². The number of hydrogen-bond acceptors (Lipinski definition) is 6. The first-order valence-corrected chi connectivity index (χ1v) is 11.8. The van der Waals surface area contributed by atoms with E-state index in [4.69, 9.17) is 26.0 Å². The van der Waals surface area contributed by atoms with Crippen LogP contribution in [-0.4, -0.2) is 66.8 Å². The van der Waals surface area contributed by atoms with Gasteiger partial charge < -0.3 is 25.0 Å². The molecule has 1 aliphatic carbocycles. The topological polar surface area (TPSA) is 104 Å². The summed E-state index contributed by atoms with van der Waals surface area (Å²) in [5.74, 6) is 0.969. The van der Waals surface area contributed by atoms with Crippen LogP contribution in [0.5, 0.6) is 5.75 Å². The van der Waals surface area contributed by atoms with Gasteiger partial charge in [0.1, 0.15) is 17.3 Å². The molecule has 178 valence electrons. The quantitative estimate of drug-likeness (QED) is 0.462. The summed E-state index contributed by atoms with van der Waals surface area (Å²) in [6, 6.07) is 11.7. The molecule has 2 atom stereocenters. The molecule has 2 aromatic rings. The summed E-state index contributed by atoms with van der Waals surface area (Å²) >= 11 is 0. The summed E-state index contributed by atoms with van der Waals surface area (Å²) < 4.78 is 13.9. The number of likely N-dealkylation sites (N-methyl/N-ethyl adjacent to an activating group) is 1. The minimum Gasteiger partial charge on any atom is -0.484 e. The Labute approximate surface area is 195 Å². The minimum atomic E-state index is -0.0738. The Morgan fingerprint density at radius 2 is 1.79 bits per heavy atom. The molecule has 1 fully saturated rings. The highest BCUT2D eigenvalue weighted by Crippen LogP contribution is 2.37. The fraction of sp³-hybridized carbons (Fsp3) is 0.520. The number of fused-ring (bicyclic) bond motifs is 1. The van der Waals surface area contributed by atoms with Gasteiger partial charge in [0.15, 0.2) is 0 Å². The number of nitrogens with two attached hydrogens (primary N) is 1. The van der Waals surface area contributed by atoms with Crippen molar-refractivity contribution in [2.45, 2.75) is 43.9 Å². The average molecular weight is 453 g/mol. The average Bonchev–Trinajstić information content (AvgIpc) is 2.82. The van der Waals surface area contributed by atoms with Crippen LogP contribution in [0.4, 0.5) is 0 Å². The Morgan fingerprint density at radius 3 is 2.52 bits per heavy atom. The molecule has 0 spiro atoms. The van der Waals surface area contributed by atoms with E-state index in [1.807, 2.05) is 37.2 Å². The van der Waals surface area contributed by atoms with E-state index in [1.165, 1.54) is 0 Å². The van der Waals surface area contributed by atoms with Crippen molar-refractivity contribution in [3.63, 3.8) is 0 Å². The molecule has 0 bridgehead atoms. The van der Waals surface area contributed by atoms with E-state index in [-0.39, 0.29) is 23.7 Å². The number of benzene rings is 1. The second-order valence-corrected chi connectivity index (χ2v) is 9.22. The second kappa shape index (κ2) is 10.5. The zero-order valence-electron chi connectivity index (χ0n) is 19.7. The summed E-state index contributed by atoms with van der Waals surface area (Å²) in [5.41, 5.74) is 8.83. The van der Waals surface area contributed by atoms with Crippen molar-refractivity contribution in [1.82, 2.24) is 14.4 Å². The van der Waals surface area contributed by atoms with Crippen LogP contribution in [-0.2, 0) is 4.74 Å². The number of ether oxygens (including phenoxy) is 2. The number of nitrogens with one attached hydrogen (secondary N) is 2. The molecule has 2 unspecified atom stereocenters. The van der Waals surface area contributed by atoms with Gasteiger partial charge in [-0.15, -0.1) is 0 Å². The highest BCUT2D eigenvalue weighted by Gasteiger charge is 2.27. The molecule has 1 saturated heterocycles. The molecular weight excluding hydrogens is 416 g/mol. The third-order valence-corrected chi connectivity index (χ3v) is 6.54. The maximum atomic E-state index is 8.73. The highest BCUT2D eigenvalue weighted by molar-refractivity contribution is 5.79. The Balaban J connectivity index is 1.40. The number of rotatable bonds is 6. The number of likely N-dealkylation sites (tertiary alicyclic amines) is 1. The van der Waals surface area contributed by atoms with Gasteiger partial charge in [0.05, 0.1) is 18.9 Å². The number of pyridine rings is 1. The molecule has 0 radical (unpaired) electrons. The van der Waals surface area contributed by atoms with Crippen LogP contribution >= 0.6 is 0 Å². The summed E-state index contributed by atoms with van der Waals surface area (Å²) in [6.07, 6.45) is 5.43. The third kappa shape index (κ3) is 5.63. The molecular formula is C25H36N6O2. The summed E-state index contributed by atoms with van der Waals surface area (Å²) in [7, 11) is 4.09. The molecule has 33 heavy (non-hydrogen) atoms. The van der Waals surface area contributed by atoms with Crippen molar-refractivity contribution in [3.05, 3.63) is 59.2 Å². The third-order valence-electron chi connectivity index (χ3n) is 6.54. The maximum Gasteiger partial charge on any atom is 0.203 e. The van der Waals surface area contributed by atoms with Gasteiger partial charge in [-0.25, -0.2) is 0 Å². The van der Waals surface area contributed by atoms with Crippen molar-refractivity contribution < 1.29 is 9.47 Å². The van der Waals surface area contributed by atoms with Crippen LogP contribution in [0.1, 0.15) is 49.0 Å². The number of hydrogen-bond donors (Lipinski definition) is 3. The van der Waals surface area contributed by atoms with Gasteiger partial charge >= 0.3 is 0 Å². The SMILES string of the molecule is CN(C)CCOC1CCN(C(=N)n2cc(OC3CCC(N)c4ccccc43)ccc2=N)CC1. The molecule has 0 saturated carbocycles. The lowest BCUT2D eigenvalue weighted by Crippen LogP contribution is -2.46. The van der Waals surface area contributed by atoms with Crippen molar-refractivity contribution >= 4 is 5.96 Å². The Hall–Kier alpha value is -2.68. The van der Waals surface area contributed by atoms with Crippen LogP contribution in [0.2, 0.25) is 0 Å². The lowest BCUT2D eigenvalue weighted by Gasteiger charge is -2.34. The van der Waals surface area contributed by atoms with E-state index < -0.39 is 0 Å². The normalized spacial score (nSPS) is 21.2. The maximum absolute atomic E-state index is 8.73. The summed E-state index contributed by atoms with van der Waals surface area (Å²) in [4.78, 5) is 4.13. The van der Waals surface area contributed by atoms with Crippen LogP contribution in [0, 0.1) is 10.8 Å². The molecule has 8 nitrogen and oxygen atoms in total. The fourth-order valence-electron chi connectivity index (χ4n) is 4.59. The standard InChI is InChI=1S/C25H36N6O2/c1-29(2)15-16-32-18-11-13-30(14-12-18)25(28)31-17-19(7-10-24(31)27)33-23-9-8-22(26)20-5-3-4-6-21(20)23/h3-7,10,17-18,22-23,27-28H,8-9,11-16,26H2,1-2H3. The van der Waals surface area contributed by atoms with Gasteiger partial charge in [0.25, 0.3) is 0 Å². The lowest BCUT2D eigenvalue weighted by atomic mass is 9.86. The monoisotopic (exact) mass is 452 g/mol. The number of nitrogens with zero attached hydrogens (tertiary/aromatic N) is 3.